The van der Waals surface area contributed by atoms with Gasteiger partial charge < -0.3 is 9.84 Å². The van der Waals surface area contributed by atoms with E-state index >= 15 is 0 Å². The molecule has 3 heteroatoms. The Morgan fingerprint density at radius 3 is 2.75 bits per heavy atom. The number of hydrogen-bond acceptors (Lipinski definition) is 2. The molecule has 0 aromatic heterocycles. The summed E-state index contributed by atoms with van der Waals surface area (Å²) in [7, 11) is 0. The van der Waals surface area contributed by atoms with E-state index in [1.54, 1.807) is 0 Å². The summed E-state index contributed by atoms with van der Waals surface area (Å²) in [5.41, 5.74) is 3.05. The Morgan fingerprint density at radius 1 is 1.38 bits per heavy atom. The van der Waals surface area contributed by atoms with Gasteiger partial charge in [-0.25, -0.2) is 0 Å². The molecule has 0 bridgehead atoms. The van der Waals surface area contributed by atoms with E-state index in [1.807, 2.05) is 26.0 Å². The average Bonchev–Trinajstić information content (AvgIpc) is 2.75. The van der Waals surface area contributed by atoms with Crippen molar-refractivity contribution >= 4 is 11.6 Å². The third kappa shape index (κ3) is 2.24. The van der Waals surface area contributed by atoms with Crippen LogP contribution in [0.1, 0.15) is 29.2 Å². The second-order valence-corrected chi connectivity index (χ2v) is 4.93. The van der Waals surface area contributed by atoms with Gasteiger partial charge in [0, 0.05) is 17.5 Å². The summed E-state index contributed by atoms with van der Waals surface area (Å²) < 4.78 is 5.31. The van der Waals surface area contributed by atoms with Crippen molar-refractivity contribution < 1.29 is 9.84 Å². The second-order valence-electron chi connectivity index (χ2n) is 4.53. The van der Waals surface area contributed by atoms with Gasteiger partial charge in [-0.3, -0.25) is 0 Å². The lowest BCUT2D eigenvalue weighted by Gasteiger charge is -2.20. The lowest BCUT2D eigenvalue weighted by molar-refractivity contribution is 0.0913. The molecular weight excluding hydrogens is 224 g/mol. The lowest BCUT2D eigenvalue weighted by Crippen LogP contribution is -2.13. The summed E-state index contributed by atoms with van der Waals surface area (Å²) in [5.74, 6) is 0.222. The normalized spacial score (nSPS) is 22.4. The van der Waals surface area contributed by atoms with Gasteiger partial charge in [0.25, 0.3) is 0 Å². The van der Waals surface area contributed by atoms with Crippen LogP contribution < -0.4 is 0 Å². The summed E-state index contributed by atoms with van der Waals surface area (Å²) in [5, 5.41) is 11.1. The summed E-state index contributed by atoms with van der Waals surface area (Å²) in [4.78, 5) is 0. The number of aliphatic hydroxyl groups excluding tert-OH is 1. The molecule has 2 rings (SSSR count). The molecule has 2 atom stereocenters. The third-order valence-corrected chi connectivity index (χ3v) is 3.68. The highest BCUT2D eigenvalue weighted by Crippen LogP contribution is 2.32. The predicted molar refractivity (Wildman–Crippen MR) is 64.8 cm³/mol. The number of benzene rings is 1. The lowest BCUT2D eigenvalue weighted by atomic mass is 9.91. The first-order chi connectivity index (χ1) is 7.59. The van der Waals surface area contributed by atoms with Crippen LogP contribution in [0.25, 0.3) is 0 Å². The quantitative estimate of drug-likeness (QED) is 0.861. The Morgan fingerprint density at radius 2 is 2.12 bits per heavy atom. The van der Waals surface area contributed by atoms with Gasteiger partial charge in [-0.15, -0.1) is 0 Å². The van der Waals surface area contributed by atoms with Crippen molar-refractivity contribution in [2.75, 3.05) is 13.2 Å². The van der Waals surface area contributed by atoms with E-state index in [0.717, 1.165) is 34.7 Å². The van der Waals surface area contributed by atoms with Gasteiger partial charge in [-0.1, -0.05) is 17.7 Å². The fraction of sp³-hybridized carbons (Fsp3) is 0.538. The number of aliphatic hydroxyl groups is 1. The molecule has 0 spiro atoms. The zero-order chi connectivity index (χ0) is 11.7. The smallest absolute Gasteiger partial charge is 0.0843 e. The Balaban J connectivity index is 2.28. The minimum absolute atomic E-state index is 0.222. The highest BCUT2D eigenvalue weighted by Gasteiger charge is 2.26. The van der Waals surface area contributed by atoms with Gasteiger partial charge in [-0.05, 0) is 43.0 Å². The van der Waals surface area contributed by atoms with Gasteiger partial charge in [0.1, 0.15) is 0 Å². The zero-order valence-corrected chi connectivity index (χ0v) is 10.4. The van der Waals surface area contributed by atoms with E-state index in [4.69, 9.17) is 16.3 Å². The maximum Gasteiger partial charge on any atom is 0.0843 e. The molecule has 1 N–H and O–H groups in total. The summed E-state index contributed by atoms with van der Waals surface area (Å²) in [6, 6.07) is 3.91. The van der Waals surface area contributed by atoms with Gasteiger partial charge >= 0.3 is 0 Å². The van der Waals surface area contributed by atoms with Gasteiger partial charge in [0.05, 0.1) is 12.7 Å². The molecule has 1 aromatic carbocycles. The Labute approximate surface area is 101 Å². The van der Waals surface area contributed by atoms with E-state index < -0.39 is 6.10 Å². The number of halogens is 1. The number of aryl methyl sites for hydroxylation is 2. The van der Waals surface area contributed by atoms with Crippen LogP contribution >= 0.6 is 11.6 Å². The summed E-state index contributed by atoms with van der Waals surface area (Å²) in [6.45, 7) is 5.36. The van der Waals surface area contributed by atoms with E-state index in [-0.39, 0.29) is 5.92 Å². The molecule has 0 saturated carbocycles. The highest BCUT2D eigenvalue weighted by atomic mass is 35.5. The van der Waals surface area contributed by atoms with Crippen LogP contribution in [0.2, 0.25) is 5.02 Å². The fourth-order valence-corrected chi connectivity index (χ4v) is 2.40. The Bertz CT molecular complexity index is 384. The molecule has 1 aliphatic heterocycles. The van der Waals surface area contributed by atoms with Crippen molar-refractivity contribution in [3.63, 3.8) is 0 Å². The first kappa shape index (κ1) is 11.9. The molecule has 0 aliphatic carbocycles. The van der Waals surface area contributed by atoms with Crippen molar-refractivity contribution in [2.24, 2.45) is 5.92 Å². The fourth-order valence-electron chi connectivity index (χ4n) is 2.18. The Kier molecular flexibility index (Phi) is 3.53. The molecule has 1 aromatic rings. The first-order valence-corrected chi connectivity index (χ1v) is 6.00. The van der Waals surface area contributed by atoms with Crippen molar-refractivity contribution in [1.82, 2.24) is 0 Å². The molecule has 1 saturated heterocycles. The van der Waals surface area contributed by atoms with E-state index in [1.165, 1.54) is 0 Å². The van der Waals surface area contributed by atoms with E-state index in [9.17, 15) is 5.11 Å². The summed E-state index contributed by atoms with van der Waals surface area (Å²) >= 11 is 6.04. The number of hydrogen-bond donors (Lipinski definition) is 1. The monoisotopic (exact) mass is 240 g/mol. The zero-order valence-electron chi connectivity index (χ0n) is 9.66. The van der Waals surface area contributed by atoms with Crippen molar-refractivity contribution in [3.05, 3.63) is 33.8 Å². The first-order valence-electron chi connectivity index (χ1n) is 5.62. The molecule has 1 fully saturated rings. The Hall–Kier alpha value is -0.570. The topological polar surface area (TPSA) is 29.5 Å². The molecule has 16 heavy (non-hydrogen) atoms. The predicted octanol–water partition coefficient (Wildman–Crippen LogP) is 3.03. The molecule has 2 unspecified atom stereocenters. The minimum atomic E-state index is -0.432. The largest absolute Gasteiger partial charge is 0.388 e. The third-order valence-electron chi connectivity index (χ3n) is 3.28. The molecule has 0 radical (unpaired) electrons. The average molecular weight is 241 g/mol. The highest BCUT2D eigenvalue weighted by molar-refractivity contribution is 6.31. The number of ether oxygens (including phenoxy) is 1. The molecule has 2 nitrogen and oxygen atoms in total. The van der Waals surface area contributed by atoms with Gasteiger partial charge in [-0.2, -0.15) is 0 Å². The maximum absolute atomic E-state index is 10.3. The maximum atomic E-state index is 10.3. The van der Waals surface area contributed by atoms with Crippen LogP contribution in [0.4, 0.5) is 0 Å². The van der Waals surface area contributed by atoms with Crippen LogP contribution in [0, 0.1) is 19.8 Å². The second kappa shape index (κ2) is 4.74. The molecular formula is C13H17ClO2. The minimum Gasteiger partial charge on any atom is -0.388 e. The molecule has 1 aliphatic rings. The standard InChI is InChI=1S/C13H17ClO2/c1-8-6-12(14)9(2)5-11(8)13(15)10-3-4-16-7-10/h5-6,10,13,15H,3-4,7H2,1-2H3. The van der Waals surface area contributed by atoms with Crippen molar-refractivity contribution in [1.29, 1.82) is 0 Å². The van der Waals surface area contributed by atoms with E-state index in [2.05, 4.69) is 0 Å². The molecule has 1 heterocycles. The van der Waals surface area contributed by atoms with Crippen LogP contribution in [0.15, 0.2) is 12.1 Å². The van der Waals surface area contributed by atoms with Crippen molar-refractivity contribution in [3.8, 4) is 0 Å². The van der Waals surface area contributed by atoms with Crippen LogP contribution in [-0.2, 0) is 4.74 Å². The van der Waals surface area contributed by atoms with Gasteiger partial charge in [0.15, 0.2) is 0 Å². The van der Waals surface area contributed by atoms with Crippen LogP contribution in [-0.4, -0.2) is 18.3 Å². The summed E-state index contributed by atoms with van der Waals surface area (Å²) in [6.07, 6.45) is 0.501. The molecule has 0 amide bonds. The van der Waals surface area contributed by atoms with Gasteiger partial charge in [0.2, 0.25) is 0 Å². The molecule has 88 valence electrons. The van der Waals surface area contributed by atoms with Crippen LogP contribution in [0.3, 0.4) is 0 Å². The van der Waals surface area contributed by atoms with Crippen LogP contribution in [0.5, 0.6) is 0 Å². The SMILES string of the molecule is Cc1cc(C(O)C2CCOC2)c(C)cc1Cl. The van der Waals surface area contributed by atoms with E-state index in [0.29, 0.717) is 6.61 Å². The van der Waals surface area contributed by atoms with Crippen molar-refractivity contribution in [2.45, 2.75) is 26.4 Å². The number of rotatable bonds is 2.